The van der Waals surface area contributed by atoms with Gasteiger partial charge in [0.05, 0.1) is 6.42 Å². The Morgan fingerprint density at radius 3 is 2.81 bits per heavy atom. The minimum absolute atomic E-state index is 0.000930. The van der Waals surface area contributed by atoms with Crippen molar-refractivity contribution in [3.8, 4) is 0 Å². The Hall–Kier alpha value is -0.710. The van der Waals surface area contributed by atoms with Crippen molar-refractivity contribution in [2.75, 3.05) is 19.6 Å². The van der Waals surface area contributed by atoms with E-state index in [9.17, 15) is 13.6 Å². The standard InChI is InChI=1S/C11H17F2NO2/c12-11(13)4-1-2-8-6-14(7-9(8)11)5-3-10(15)16/h8-9H,1-7H2,(H,15,16)/t8-,9+/m1/s1. The number of carboxylic acid groups (broad SMARTS) is 1. The predicted molar refractivity (Wildman–Crippen MR) is 54.5 cm³/mol. The summed E-state index contributed by atoms with van der Waals surface area (Å²) in [6.45, 7) is 1.41. The van der Waals surface area contributed by atoms with E-state index in [4.69, 9.17) is 5.11 Å². The van der Waals surface area contributed by atoms with Crippen LogP contribution in [-0.4, -0.2) is 41.5 Å². The van der Waals surface area contributed by atoms with Gasteiger partial charge in [-0.1, -0.05) is 0 Å². The molecule has 0 spiro atoms. The Balaban J connectivity index is 1.92. The van der Waals surface area contributed by atoms with E-state index < -0.39 is 17.8 Å². The van der Waals surface area contributed by atoms with Crippen molar-refractivity contribution in [1.29, 1.82) is 0 Å². The van der Waals surface area contributed by atoms with Crippen molar-refractivity contribution in [3.63, 3.8) is 0 Å². The van der Waals surface area contributed by atoms with Crippen LogP contribution in [0.1, 0.15) is 25.7 Å². The molecule has 16 heavy (non-hydrogen) atoms. The van der Waals surface area contributed by atoms with Crippen LogP contribution >= 0.6 is 0 Å². The van der Waals surface area contributed by atoms with E-state index in [1.807, 2.05) is 4.90 Å². The lowest BCUT2D eigenvalue weighted by atomic mass is 9.79. The van der Waals surface area contributed by atoms with Gasteiger partial charge in [0.2, 0.25) is 0 Å². The van der Waals surface area contributed by atoms with Crippen LogP contribution in [-0.2, 0) is 4.79 Å². The van der Waals surface area contributed by atoms with Gasteiger partial charge in [-0.25, -0.2) is 8.78 Å². The van der Waals surface area contributed by atoms with Gasteiger partial charge < -0.3 is 10.0 Å². The maximum atomic E-state index is 13.6. The number of fused-ring (bicyclic) bond motifs is 1. The molecule has 3 nitrogen and oxygen atoms in total. The first kappa shape index (κ1) is 11.8. The van der Waals surface area contributed by atoms with Crippen molar-refractivity contribution in [3.05, 3.63) is 0 Å². The van der Waals surface area contributed by atoms with E-state index in [0.29, 0.717) is 26.1 Å². The van der Waals surface area contributed by atoms with Crippen LogP contribution in [0.15, 0.2) is 0 Å². The van der Waals surface area contributed by atoms with Gasteiger partial charge in [-0.15, -0.1) is 0 Å². The van der Waals surface area contributed by atoms with Crippen molar-refractivity contribution in [2.24, 2.45) is 11.8 Å². The fraction of sp³-hybridized carbons (Fsp3) is 0.909. The zero-order chi connectivity index (χ0) is 11.8. The van der Waals surface area contributed by atoms with Crippen LogP contribution < -0.4 is 0 Å². The molecule has 5 heteroatoms. The first-order chi connectivity index (χ1) is 7.49. The van der Waals surface area contributed by atoms with Crippen molar-refractivity contribution in [1.82, 2.24) is 4.90 Å². The highest BCUT2D eigenvalue weighted by molar-refractivity contribution is 5.66. The number of carbonyl (C=O) groups is 1. The molecule has 92 valence electrons. The topological polar surface area (TPSA) is 40.5 Å². The Labute approximate surface area is 93.4 Å². The summed E-state index contributed by atoms with van der Waals surface area (Å²) in [4.78, 5) is 12.3. The molecule has 1 saturated carbocycles. The molecule has 2 atom stereocenters. The molecule has 2 fully saturated rings. The Morgan fingerprint density at radius 2 is 2.19 bits per heavy atom. The monoisotopic (exact) mass is 233 g/mol. The van der Waals surface area contributed by atoms with E-state index in [1.165, 1.54) is 0 Å². The van der Waals surface area contributed by atoms with Crippen LogP contribution in [0.5, 0.6) is 0 Å². The van der Waals surface area contributed by atoms with Gasteiger partial charge in [0.15, 0.2) is 0 Å². The molecule has 0 aromatic rings. The average molecular weight is 233 g/mol. The van der Waals surface area contributed by atoms with Crippen LogP contribution in [0.25, 0.3) is 0 Å². The van der Waals surface area contributed by atoms with E-state index in [2.05, 4.69) is 0 Å². The lowest BCUT2D eigenvalue weighted by Gasteiger charge is -2.32. The number of alkyl halides is 2. The summed E-state index contributed by atoms with van der Waals surface area (Å²) in [6.07, 6.45) is 1.51. The van der Waals surface area contributed by atoms with Gasteiger partial charge in [-0.05, 0) is 18.8 Å². The van der Waals surface area contributed by atoms with Gasteiger partial charge in [-0.3, -0.25) is 4.79 Å². The molecule has 0 aromatic heterocycles. The SMILES string of the molecule is O=C(O)CCN1C[C@H]2CCCC(F)(F)[C@H]2C1. The third-order valence-corrected chi connectivity index (χ3v) is 3.79. The van der Waals surface area contributed by atoms with Gasteiger partial charge >= 0.3 is 5.97 Å². The molecule has 0 radical (unpaired) electrons. The van der Waals surface area contributed by atoms with Crippen LogP contribution in [0, 0.1) is 11.8 Å². The average Bonchev–Trinajstić information content (AvgIpc) is 2.59. The second-order valence-corrected chi connectivity index (χ2v) is 4.92. The van der Waals surface area contributed by atoms with Gasteiger partial charge in [0.1, 0.15) is 0 Å². The van der Waals surface area contributed by atoms with E-state index >= 15 is 0 Å². The van der Waals surface area contributed by atoms with Crippen LogP contribution in [0.2, 0.25) is 0 Å². The number of halogens is 2. The molecule has 2 aliphatic rings. The number of rotatable bonds is 3. The second-order valence-electron chi connectivity index (χ2n) is 4.92. The zero-order valence-electron chi connectivity index (χ0n) is 9.16. The summed E-state index contributed by atoms with van der Waals surface area (Å²) < 4.78 is 27.2. The highest BCUT2D eigenvalue weighted by atomic mass is 19.3. The molecule has 0 amide bonds. The van der Waals surface area contributed by atoms with Crippen molar-refractivity contribution >= 4 is 5.97 Å². The fourth-order valence-electron chi connectivity index (χ4n) is 2.95. The van der Waals surface area contributed by atoms with Crippen LogP contribution in [0.3, 0.4) is 0 Å². The van der Waals surface area contributed by atoms with Gasteiger partial charge in [0, 0.05) is 32.0 Å². The molecular formula is C11H17F2NO2. The summed E-state index contributed by atoms with van der Waals surface area (Å²) in [7, 11) is 0. The number of aliphatic carboxylic acids is 1. The third kappa shape index (κ3) is 2.34. The lowest BCUT2D eigenvalue weighted by molar-refractivity contribution is -0.137. The minimum Gasteiger partial charge on any atom is -0.481 e. The molecule has 0 bridgehead atoms. The van der Waals surface area contributed by atoms with Crippen LogP contribution in [0.4, 0.5) is 8.78 Å². The molecule has 1 saturated heterocycles. The number of likely N-dealkylation sites (tertiary alicyclic amines) is 1. The molecule has 1 aliphatic heterocycles. The summed E-state index contributed by atoms with van der Waals surface area (Å²) in [5.74, 6) is -3.88. The molecule has 1 aliphatic carbocycles. The molecule has 0 unspecified atom stereocenters. The fourth-order valence-corrected chi connectivity index (χ4v) is 2.95. The van der Waals surface area contributed by atoms with Gasteiger partial charge in [0.25, 0.3) is 5.92 Å². The predicted octanol–water partition coefficient (Wildman–Crippen LogP) is 1.83. The number of nitrogens with zero attached hydrogens (tertiary/aromatic N) is 1. The first-order valence-electron chi connectivity index (χ1n) is 5.81. The van der Waals surface area contributed by atoms with Gasteiger partial charge in [-0.2, -0.15) is 0 Å². The zero-order valence-corrected chi connectivity index (χ0v) is 9.16. The maximum Gasteiger partial charge on any atom is 0.304 e. The van der Waals surface area contributed by atoms with Crippen molar-refractivity contribution in [2.45, 2.75) is 31.6 Å². The quantitative estimate of drug-likeness (QED) is 0.808. The lowest BCUT2D eigenvalue weighted by Crippen LogP contribution is -2.37. The molecule has 1 heterocycles. The Bertz CT molecular complexity index is 283. The highest BCUT2D eigenvalue weighted by Crippen LogP contribution is 2.45. The summed E-state index contributed by atoms with van der Waals surface area (Å²) in [5.41, 5.74) is 0. The van der Waals surface area contributed by atoms with E-state index in [1.54, 1.807) is 0 Å². The molecule has 0 aromatic carbocycles. The van der Waals surface area contributed by atoms with Crippen molar-refractivity contribution < 1.29 is 18.7 Å². The largest absolute Gasteiger partial charge is 0.481 e. The minimum atomic E-state index is -2.54. The highest BCUT2D eigenvalue weighted by Gasteiger charge is 2.50. The smallest absolute Gasteiger partial charge is 0.304 e. The second kappa shape index (κ2) is 4.28. The summed E-state index contributed by atoms with van der Waals surface area (Å²) >= 11 is 0. The Morgan fingerprint density at radius 1 is 1.44 bits per heavy atom. The van der Waals surface area contributed by atoms with E-state index in [-0.39, 0.29) is 18.8 Å². The number of carboxylic acids is 1. The normalized spacial score (nSPS) is 33.6. The molecule has 2 rings (SSSR count). The van der Waals surface area contributed by atoms with E-state index in [0.717, 1.165) is 6.42 Å². The number of hydrogen-bond donors (Lipinski definition) is 1. The Kier molecular flexibility index (Phi) is 3.15. The summed E-state index contributed by atoms with van der Waals surface area (Å²) in [5, 5.41) is 8.56. The molecule has 1 N–H and O–H groups in total. The number of hydrogen-bond acceptors (Lipinski definition) is 2. The third-order valence-electron chi connectivity index (χ3n) is 3.79. The molecular weight excluding hydrogens is 216 g/mol. The first-order valence-corrected chi connectivity index (χ1v) is 5.81. The maximum absolute atomic E-state index is 13.6. The summed E-state index contributed by atoms with van der Waals surface area (Å²) in [6, 6.07) is 0.